The molecule has 0 amide bonds. The Morgan fingerprint density at radius 3 is 1.69 bits per heavy atom. The second-order valence-electron chi connectivity index (χ2n) is 3.25. The highest BCUT2D eigenvalue weighted by Gasteiger charge is 1.94. The third kappa shape index (κ3) is 24.5. The van der Waals surface area contributed by atoms with E-state index in [0.29, 0.717) is 0 Å². The third-order valence-corrected chi connectivity index (χ3v) is 1.36. The van der Waals surface area contributed by atoms with E-state index in [2.05, 4.69) is 37.0 Å². The summed E-state index contributed by atoms with van der Waals surface area (Å²) in [4.78, 5) is 2.20. The SMILES string of the molecule is CC(C)CN(C)C.COS(=O)(=O)O. The molecule has 5 nitrogen and oxygen atoms in total. The van der Waals surface area contributed by atoms with Crippen molar-refractivity contribution in [3.05, 3.63) is 0 Å². The molecule has 0 unspecified atom stereocenters. The summed E-state index contributed by atoms with van der Waals surface area (Å²) >= 11 is 0. The summed E-state index contributed by atoms with van der Waals surface area (Å²) in [5, 5.41) is 0. The molecule has 0 radical (unpaired) electrons. The Balaban J connectivity index is 0. The number of hydrogen-bond donors (Lipinski definition) is 1. The molecule has 0 aromatic rings. The van der Waals surface area contributed by atoms with Crippen LogP contribution in [0.15, 0.2) is 0 Å². The van der Waals surface area contributed by atoms with Crippen LogP contribution in [0.25, 0.3) is 0 Å². The predicted molar refractivity (Wildman–Crippen MR) is 51.9 cm³/mol. The van der Waals surface area contributed by atoms with Gasteiger partial charge < -0.3 is 4.90 Å². The fraction of sp³-hybridized carbons (Fsp3) is 1.00. The Morgan fingerprint density at radius 1 is 1.38 bits per heavy atom. The fourth-order valence-corrected chi connectivity index (χ4v) is 0.730. The molecule has 0 aromatic heterocycles. The van der Waals surface area contributed by atoms with Gasteiger partial charge >= 0.3 is 10.4 Å². The van der Waals surface area contributed by atoms with Crippen LogP contribution in [0.1, 0.15) is 13.8 Å². The first-order chi connectivity index (χ1) is 5.69. The maximum atomic E-state index is 9.33. The number of rotatable bonds is 3. The van der Waals surface area contributed by atoms with Crippen LogP contribution < -0.4 is 0 Å². The largest absolute Gasteiger partial charge is 0.397 e. The van der Waals surface area contributed by atoms with Gasteiger partial charge in [0.05, 0.1) is 7.11 Å². The zero-order chi connectivity index (χ0) is 11.1. The average molecular weight is 213 g/mol. The van der Waals surface area contributed by atoms with Crippen LogP contribution in [-0.2, 0) is 14.6 Å². The Kier molecular flexibility index (Phi) is 8.54. The standard InChI is InChI=1S/C6H15N.CH4O4S/c1-6(2)5-7(3)4;1-5-6(2,3)4/h6H,5H2,1-4H3;1H3,(H,2,3,4). The smallest absolute Gasteiger partial charge is 0.309 e. The van der Waals surface area contributed by atoms with Crippen LogP contribution in [0.3, 0.4) is 0 Å². The van der Waals surface area contributed by atoms with E-state index < -0.39 is 10.4 Å². The van der Waals surface area contributed by atoms with Crippen LogP contribution in [0.5, 0.6) is 0 Å². The lowest BCUT2D eigenvalue weighted by Crippen LogP contribution is -2.17. The highest BCUT2D eigenvalue weighted by atomic mass is 32.3. The first kappa shape index (κ1) is 15.3. The summed E-state index contributed by atoms with van der Waals surface area (Å²) in [6.07, 6.45) is 0. The lowest BCUT2D eigenvalue weighted by Gasteiger charge is -2.10. The highest BCUT2D eigenvalue weighted by Crippen LogP contribution is 1.90. The quantitative estimate of drug-likeness (QED) is 0.697. The molecule has 82 valence electrons. The van der Waals surface area contributed by atoms with E-state index in [1.54, 1.807) is 0 Å². The van der Waals surface area contributed by atoms with Crippen molar-refractivity contribution in [2.24, 2.45) is 5.92 Å². The topological polar surface area (TPSA) is 66.8 Å². The Bertz CT molecular complexity index is 193. The lowest BCUT2D eigenvalue weighted by molar-refractivity contribution is 0.324. The summed E-state index contributed by atoms with van der Waals surface area (Å²) in [7, 11) is 0.903. The number of nitrogens with zero attached hydrogens (tertiary/aromatic N) is 1. The lowest BCUT2D eigenvalue weighted by atomic mass is 10.2. The highest BCUT2D eigenvalue weighted by molar-refractivity contribution is 7.80. The van der Waals surface area contributed by atoms with E-state index in [0.717, 1.165) is 13.0 Å². The van der Waals surface area contributed by atoms with Crippen molar-refractivity contribution < 1.29 is 17.2 Å². The Morgan fingerprint density at radius 2 is 1.69 bits per heavy atom. The molecule has 0 aliphatic rings. The minimum absolute atomic E-state index is 0.801. The maximum absolute atomic E-state index is 9.33. The molecule has 6 heteroatoms. The van der Waals surface area contributed by atoms with Crippen molar-refractivity contribution >= 4 is 10.4 Å². The van der Waals surface area contributed by atoms with Crippen molar-refractivity contribution in [1.82, 2.24) is 4.90 Å². The van der Waals surface area contributed by atoms with Crippen molar-refractivity contribution in [3.63, 3.8) is 0 Å². The van der Waals surface area contributed by atoms with E-state index in [1.165, 1.54) is 6.54 Å². The summed E-state index contributed by atoms with van der Waals surface area (Å²) < 4.78 is 29.7. The average Bonchev–Trinajstić information content (AvgIpc) is 1.84. The molecule has 0 saturated carbocycles. The number of hydrogen-bond acceptors (Lipinski definition) is 4. The molecule has 0 spiro atoms. The third-order valence-electron chi connectivity index (χ3n) is 0.941. The van der Waals surface area contributed by atoms with Gasteiger partial charge in [0.15, 0.2) is 0 Å². The zero-order valence-electron chi connectivity index (χ0n) is 8.81. The van der Waals surface area contributed by atoms with Gasteiger partial charge in [-0.3, -0.25) is 8.74 Å². The van der Waals surface area contributed by atoms with Gasteiger partial charge in [0.1, 0.15) is 0 Å². The van der Waals surface area contributed by atoms with E-state index in [-0.39, 0.29) is 0 Å². The van der Waals surface area contributed by atoms with Crippen LogP contribution in [0, 0.1) is 5.92 Å². The molecule has 0 heterocycles. The van der Waals surface area contributed by atoms with Gasteiger partial charge in [-0.25, -0.2) is 0 Å². The van der Waals surface area contributed by atoms with Gasteiger partial charge in [-0.05, 0) is 26.6 Å². The van der Waals surface area contributed by atoms with Crippen LogP contribution in [0.4, 0.5) is 0 Å². The Labute approximate surface area is 80.6 Å². The normalized spacial score (nSPS) is 11.4. The monoisotopic (exact) mass is 213 g/mol. The minimum Gasteiger partial charge on any atom is -0.309 e. The molecule has 0 aliphatic carbocycles. The minimum atomic E-state index is -4.16. The molecule has 0 atom stereocenters. The van der Waals surface area contributed by atoms with E-state index in [1.807, 2.05) is 0 Å². The first-order valence-corrected chi connectivity index (χ1v) is 5.23. The molecule has 0 aliphatic heterocycles. The summed E-state index contributed by atoms with van der Waals surface area (Å²) in [6.45, 7) is 5.64. The fourth-order valence-electron chi connectivity index (χ4n) is 0.730. The summed E-state index contributed by atoms with van der Waals surface area (Å²) in [5.41, 5.74) is 0. The van der Waals surface area contributed by atoms with Crippen molar-refractivity contribution in [3.8, 4) is 0 Å². The molecule has 1 N–H and O–H groups in total. The predicted octanol–water partition coefficient (Wildman–Crippen LogP) is 0.640. The molecule has 0 rings (SSSR count). The van der Waals surface area contributed by atoms with Gasteiger partial charge in [-0.15, -0.1) is 0 Å². The molecular formula is C7H19NO4S. The van der Waals surface area contributed by atoms with Crippen LogP contribution in [0.2, 0.25) is 0 Å². The second kappa shape index (κ2) is 7.25. The van der Waals surface area contributed by atoms with Gasteiger partial charge in [0.2, 0.25) is 0 Å². The van der Waals surface area contributed by atoms with E-state index >= 15 is 0 Å². The molecule has 0 fully saturated rings. The van der Waals surface area contributed by atoms with Crippen molar-refractivity contribution in [1.29, 1.82) is 0 Å². The molecule has 13 heavy (non-hydrogen) atoms. The molecular weight excluding hydrogens is 194 g/mol. The van der Waals surface area contributed by atoms with Gasteiger partial charge in [-0.2, -0.15) is 8.42 Å². The molecule has 0 bridgehead atoms. The molecule has 0 aromatic carbocycles. The Hall–Kier alpha value is -0.170. The first-order valence-electron chi connectivity index (χ1n) is 3.86. The van der Waals surface area contributed by atoms with Crippen LogP contribution >= 0.6 is 0 Å². The van der Waals surface area contributed by atoms with Crippen molar-refractivity contribution in [2.75, 3.05) is 27.7 Å². The van der Waals surface area contributed by atoms with E-state index in [4.69, 9.17) is 4.55 Å². The van der Waals surface area contributed by atoms with Gasteiger partial charge in [-0.1, -0.05) is 13.8 Å². The van der Waals surface area contributed by atoms with Crippen molar-refractivity contribution in [2.45, 2.75) is 13.8 Å². The molecule has 0 saturated heterocycles. The van der Waals surface area contributed by atoms with Crippen LogP contribution in [-0.4, -0.2) is 45.6 Å². The summed E-state index contributed by atoms with van der Waals surface area (Å²) in [6, 6.07) is 0. The van der Waals surface area contributed by atoms with Gasteiger partial charge in [0, 0.05) is 0 Å². The zero-order valence-corrected chi connectivity index (χ0v) is 9.63. The second-order valence-corrected chi connectivity index (χ2v) is 4.44. The van der Waals surface area contributed by atoms with Gasteiger partial charge in [0.25, 0.3) is 0 Å². The van der Waals surface area contributed by atoms with E-state index in [9.17, 15) is 8.42 Å². The maximum Gasteiger partial charge on any atom is 0.397 e. The summed E-state index contributed by atoms with van der Waals surface area (Å²) in [5.74, 6) is 0.801.